The fourth-order valence-electron chi connectivity index (χ4n) is 10.2. The molecule has 1 aliphatic heterocycles. The van der Waals surface area contributed by atoms with Crippen molar-refractivity contribution >= 4 is 41.5 Å². The minimum absolute atomic E-state index is 0.0667. The molecule has 1 heterocycles. The van der Waals surface area contributed by atoms with Crippen molar-refractivity contribution in [3.05, 3.63) is 0 Å². The zero-order valence-electron chi connectivity index (χ0n) is 50.8. The maximum atomic E-state index is 13.8. The first-order valence-electron chi connectivity index (χ1n) is 32.1. The molecule has 0 bridgehead atoms. The first-order valence-corrected chi connectivity index (χ1v) is 32.1. The highest BCUT2D eigenvalue weighted by atomic mass is 16.6. The number of ether oxygens (including phenoxy) is 3. The molecule has 1 rings (SSSR count). The molecule has 3 atom stereocenters. The minimum Gasteiger partial charge on any atom is -0.463 e. The number of carbonyl (C=O) groups is 7. The third-order valence-electron chi connectivity index (χ3n) is 15.5. The summed E-state index contributed by atoms with van der Waals surface area (Å²) in [5.41, 5.74) is -1.65. The van der Waals surface area contributed by atoms with E-state index in [1.807, 2.05) is 0 Å². The molecule has 4 N–H and O–H groups in total. The van der Waals surface area contributed by atoms with Gasteiger partial charge in [0.15, 0.2) is 0 Å². The van der Waals surface area contributed by atoms with Gasteiger partial charge in [-0.05, 0) is 101 Å². The summed E-state index contributed by atoms with van der Waals surface area (Å²) in [5, 5.41) is 12.2. The highest BCUT2D eigenvalue weighted by molar-refractivity contribution is 5.79. The number of carbonyl (C=O) groups excluding carboxylic acids is 7. The number of unbranched alkanes of at least 4 members (excludes halogenated alkanes) is 12. The molecule has 1 saturated heterocycles. The van der Waals surface area contributed by atoms with E-state index in [0.717, 1.165) is 129 Å². The van der Waals surface area contributed by atoms with Crippen molar-refractivity contribution in [2.45, 2.75) is 285 Å². The Bertz CT molecular complexity index is 1420. The van der Waals surface area contributed by atoms with Crippen LogP contribution in [0.4, 0.5) is 0 Å². The standard InChI is InChI=1S/C63H117N5O10/c1-7-13-19-23-34-53(31-16-10-4)47-64-56(69)37-28-40-60(73)76-50-63(67-59(72)43-46-68-44-26-22-27-45-68,51-77-61(74)41-29-38-57(70)65-48-54(32-17-11-5)35-24-20-14-8-2)52-78-62(75)42-30-39-58(71)66-49-55(33-18-12-6)36-25-21-15-9-3/h53-55H,7-52H2,1-6H3,(H,64,69)(H,65,70)(H,66,71)(H,67,72). The fourth-order valence-corrected chi connectivity index (χ4v) is 10.2. The van der Waals surface area contributed by atoms with Gasteiger partial charge in [-0.15, -0.1) is 0 Å². The lowest BCUT2D eigenvalue weighted by atomic mass is 9.95. The Morgan fingerprint density at radius 2 is 0.692 bits per heavy atom. The van der Waals surface area contributed by atoms with Crippen molar-refractivity contribution in [1.29, 1.82) is 0 Å². The van der Waals surface area contributed by atoms with Crippen LogP contribution in [0.25, 0.3) is 0 Å². The van der Waals surface area contributed by atoms with Gasteiger partial charge in [-0.25, -0.2) is 0 Å². The highest BCUT2D eigenvalue weighted by Gasteiger charge is 2.38. The van der Waals surface area contributed by atoms with E-state index in [-0.39, 0.29) is 87.8 Å². The molecule has 15 nitrogen and oxygen atoms in total. The first kappa shape index (κ1) is 72.3. The summed E-state index contributed by atoms with van der Waals surface area (Å²) in [6, 6.07) is 0. The highest BCUT2D eigenvalue weighted by Crippen LogP contribution is 2.21. The van der Waals surface area contributed by atoms with Crippen LogP contribution in [0.15, 0.2) is 0 Å². The second-order valence-electron chi connectivity index (χ2n) is 23.0. The molecule has 0 aromatic carbocycles. The largest absolute Gasteiger partial charge is 0.463 e. The molecule has 3 unspecified atom stereocenters. The number of amides is 4. The van der Waals surface area contributed by atoms with Gasteiger partial charge in [-0.1, -0.05) is 164 Å². The van der Waals surface area contributed by atoms with Crippen molar-refractivity contribution < 1.29 is 47.8 Å². The molecule has 78 heavy (non-hydrogen) atoms. The predicted octanol–water partition coefficient (Wildman–Crippen LogP) is 12.5. The number of hydrogen-bond acceptors (Lipinski definition) is 11. The first-order chi connectivity index (χ1) is 37.8. The lowest BCUT2D eigenvalue weighted by molar-refractivity contribution is -0.159. The fraction of sp³-hybridized carbons (Fsp3) is 0.889. The number of nitrogens with zero attached hydrogens (tertiary/aromatic N) is 1. The van der Waals surface area contributed by atoms with Crippen molar-refractivity contribution in [2.24, 2.45) is 17.8 Å². The van der Waals surface area contributed by atoms with E-state index in [1.54, 1.807) is 0 Å². The Kier molecular flexibility index (Phi) is 45.5. The smallest absolute Gasteiger partial charge is 0.305 e. The topological polar surface area (TPSA) is 199 Å². The van der Waals surface area contributed by atoms with Gasteiger partial charge < -0.3 is 40.4 Å². The van der Waals surface area contributed by atoms with Gasteiger partial charge in [0.1, 0.15) is 25.4 Å². The third kappa shape index (κ3) is 40.4. The summed E-state index contributed by atoms with van der Waals surface area (Å²) in [4.78, 5) is 95.2. The van der Waals surface area contributed by atoms with Crippen LogP contribution in [-0.2, 0) is 47.8 Å². The summed E-state index contributed by atoms with van der Waals surface area (Å²) in [7, 11) is 0. The van der Waals surface area contributed by atoms with Crippen LogP contribution in [0.1, 0.15) is 279 Å². The number of rotatable bonds is 52. The van der Waals surface area contributed by atoms with E-state index in [9.17, 15) is 33.6 Å². The molecular weight excluding hydrogens is 987 g/mol. The number of hydrogen-bond donors (Lipinski definition) is 4. The predicted molar refractivity (Wildman–Crippen MR) is 315 cm³/mol. The lowest BCUT2D eigenvalue weighted by Gasteiger charge is -2.34. The Balaban J connectivity index is 3.14. The SMILES string of the molecule is CCCCCCC(CCCC)CNC(=O)CCCC(=O)OCC(COC(=O)CCCC(=O)NCC(CCCC)CCCCCC)(COC(=O)CCCC(=O)NCC(CCCC)CCCCCC)NC(=O)CCN1CCCCC1. The molecule has 0 saturated carbocycles. The zero-order valence-corrected chi connectivity index (χ0v) is 50.8. The summed E-state index contributed by atoms with van der Waals surface area (Å²) in [6.07, 6.45) is 31.7. The van der Waals surface area contributed by atoms with E-state index in [1.165, 1.54) is 57.8 Å². The Labute approximate surface area is 475 Å². The molecule has 454 valence electrons. The molecular formula is C63H117N5O10. The van der Waals surface area contributed by atoms with Gasteiger partial charge in [-0.3, -0.25) is 33.6 Å². The number of likely N-dealkylation sites (tertiary alicyclic amines) is 1. The van der Waals surface area contributed by atoms with Gasteiger partial charge in [-0.2, -0.15) is 0 Å². The van der Waals surface area contributed by atoms with Gasteiger partial charge in [0.25, 0.3) is 0 Å². The second-order valence-corrected chi connectivity index (χ2v) is 23.0. The molecule has 0 aromatic heterocycles. The van der Waals surface area contributed by atoms with E-state index in [4.69, 9.17) is 14.2 Å². The molecule has 0 aliphatic carbocycles. The van der Waals surface area contributed by atoms with Crippen LogP contribution in [0.5, 0.6) is 0 Å². The number of esters is 3. The van der Waals surface area contributed by atoms with E-state index in [2.05, 4.69) is 67.7 Å². The van der Waals surface area contributed by atoms with Crippen molar-refractivity contribution in [3.8, 4) is 0 Å². The van der Waals surface area contributed by atoms with Crippen LogP contribution < -0.4 is 21.3 Å². The molecule has 15 heteroatoms. The van der Waals surface area contributed by atoms with E-state index < -0.39 is 43.3 Å². The number of piperidine rings is 1. The van der Waals surface area contributed by atoms with Crippen LogP contribution in [0.2, 0.25) is 0 Å². The van der Waals surface area contributed by atoms with Gasteiger partial charge >= 0.3 is 17.9 Å². The van der Waals surface area contributed by atoms with Gasteiger partial charge in [0.05, 0.1) is 0 Å². The van der Waals surface area contributed by atoms with Crippen LogP contribution in [0, 0.1) is 17.8 Å². The summed E-state index contributed by atoms with van der Waals surface area (Å²) in [6.45, 7) is 15.8. The monoisotopic (exact) mass is 1100 g/mol. The molecule has 4 amide bonds. The summed E-state index contributed by atoms with van der Waals surface area (Å²) < 4.78 is 17.4. The molecule has 1 aliphatic rings. The Morgan fingerprint density at radius 3 is 1.01 bits per heavy atom. The molecule has 0 radical (unpaired) electrons. The van der Waals surface area contributed by atoms with Gasteiger partial charge in [0.2, 0.25) is 23.6 Å². The van der Waals surface area contributed by atoms with Crippen LogP contribution >= 0.6 is 0 Å². The average Bonchev–Trinajstić information content (AvgIpc) is 3.43. The lowest BCUT2D eigenvalue weighted by Crippen LogP contribution is -2.59. The maximum Gasteiger partial charge on any atom is 0.305 e. The Hall–Kier alpha value is -3.75. The van der Waals surface area contributed by atoms with Crippen molar-refractivity contribution in [3.63, 3.8) is 0 Å². The Morgan fingerprint density at radius 1 is 0.372 bits per heavy atom. The van der Waals surface area contributed by atoms with Crippen LogP contribution in [0.3, 0.4) is 0 Å². The maximum absolute atomic E-state index is 13.8. The molecule has 0 spiro atoms. The third-order valence-corrected chi connectivity index (χ3v) is 15.5. The average molecular weight is 1100 g/mol. The van der Waals surface area contributed by atoms with Crippen LogP contribution in [-0.4, -0.2) is 111 Å². The van der Waals surface area contributed by atoms with E-state index >= 15 is 0 Å². The quantitative estimate of drug-likeness (QED) is 0.0257. The number of nitrogens with one attached hydrogen (secondary N) is 4. The van der Waals surface area contributed by atoms with Gasteiger partial charge in [0, 0.05) is 71.1 Å². The molecule has 0 aromatic rings. The van der Waals surface area contributed by atoms with Crippen molar-refractivity contribution in [2.75, 3.05) is 59.1 Å². The van der Waals surface area contributed by atoms with Crippen molar-refractivity contribution in [1.82, 2.24) is 26.2 Å². The zero-order chi connectivity index (χ0) is 57.3. The van der Waals surface area contributed by atoms with E-state index in [0.29, 0.717) is 43.9 Å². The second kappa shape index (κ2) is 49.1. The summed E-state index contributed by atoms with van der Waals surface area (Å²) >= 11 is 0. The normalized spacial score (nSPS) is 14.6. The summed E-state index contributed by atoms with van der Waals surface area (Å²) in [5.74, 6) is -1.32. The molecule has 1 fully saturated rings. The minimum atomic E-state index is -1.65.